The lowest BCUT2D eigenvalue weighted by Crippen LogP contribution is -2.31. The van der Waals surface area contributed by atoms with Crippen molar-refractivity contribution in [2.75, 3.05) is 13.7 Å². The summed E-state index contributed by atoms with van der Waals surface area (Å²) in [6.07, 6.45) is 0. The van der Waals surface area contributed by atoms with Crippen molar-refractivity contribution >= 4 is 22.6 Å². The molecule has 0 fully saturated rings. The molecule has 0 saturated carbocycles. The third-order valence-corrected chi connectivity index (χ3v) is 6.35. The van der Waals surface area contributed by atoms with Crippen molar-refractivity contribution in [3.63, 3.8) is 0 Å². The Bertz CT molecular complexity index is 1640. The molecule has 1 N–H and O–H groups in total. The van der Waals surface area contributed by atoms with Crippen LogP contribution in [0.1, 0.15) is 27.3 Å². The summed E-state index contributed by atoms with van der Waals surface area (Å²) in [6.45, 7) is 0.139. The number of ether oxygens (including phenoxy) is 4. The second-order valence-electron chi connectivity index (χ2n) is 9.39. The summed E-state index contributed by atoms with van der Waals surface area (Å²) in [6, 6.07) is 33.9. The Morgan fingerprint density at radius 1 is 0.714 bits per heavy atom. The van der Waals surface area contributed by atoms with Gasteiger partial charge in [0.05, 0.1) is 12.3 Å². The van der Waals surface area contributed by atoms with Gasteiger partial charge in [0, 0.05) is 17.9 Å². The van der Waals surface area contributed by atoms with E-state index in [0.717, 1.165) is 11.1 Å². The Morgan fingerprint density at radius 3 is 2.02 bits per heavy atom. The highest BCUT2D eigenvalue weighted by Gasteiger charge is 2.22. The highest BCUT2D eigenvalue weighted by atomic mass is 16.5. The number of nitrogens with one attached hydrogen (secondary N) is 1. The van der Waals surface area contributed by atoms with Gasteiger partial charge in [0.1, 0.15) is 31.3 Å². The van der Waals surface area contributed by atoms with Crippen LogP contribution in [0.25, 0.3) is 10.8 Å². The number of methoxy groups -OCH3 is 1. The average molecular weight is 563 g/mol. The van der Waals surface area contributed by atoms with Gasteiger partial charge in [0.15, 0.2) is 11.4 Å². The summed E-state index contributed by atoms with van der Waals surface area (Å²) in [5, 5.41) is 4.00. The van der Waals surface area contributed by atoms with Gasteiger partial charge in [0.2, 0.25) is 0 Å². The zero-order valence-electron chi connectivity index (χ0n) is 23.1. The molecule has 0 unspecified atom stereocenters. The molecule has 212 valence electrons. The molecule has 5 rings (SSSR count). The molecule has 5 aromatic rings. The van der Waals surface area contributed by atoms with Gasteiger partial charge in [-0.1, -0.05) is 78.9 Å². The second kappa shape index (κ2) is 13.9. The van der Waals surface area contributed by atoms with E-state index in [-0.39, 0.29) is 37.8 Å². The fourth-order valence-electron chi connectivity index (χ4n) is 4.32. The zero-order valence-corrected chi connectivity index (χ0v) is 23.1. The third-order valence-electron chi connectivity index (χ3n) is 6.35. The number of hydrogen-bond acceptors (Lipinski definition) is 7. The molecule has 0 radical (unpaired) electrons. The summed E-state index contributed by atoms with van der Waals surface area (Å²) >= 11 is 0. The minimum Gasteiger partial charge on any atom is -0.486 e. The van der Waals surface area contributed by atoms with Crippen LogP contribution in [0.4, 0.5) is 0 Å². The number of fused-ring (bicyclic) bond motifs is 1. The molecule has 1 amide bonds. The Labute approximate surface area is 243 Å². The monoisotopic (exact) mass is 562 g/mol. The molecule has 0 aliphatic heterocycles. The van der Waals surface area contributed by atoms with Crippen LogP contribution in [0.15, 0.2) is 109 Å². The van der Waals surface area contributed by atoms with Crippen molar-refractivity contribution in [2.45, 2.75) is 19.8 Å². The average Bonchev–Trinajstić information content (AvgIpc) is 3.03. The van der Waals surface area contributed by atoms with Crippen LogP contribution in [0, 0.1) is 0 Å². The van der Waals surface area contributed by atoms with E-state index >= 15 is 0 Å². The van der Waals surface area contributed by atoms with E-state index in [0.29, 0.717) is 28.0 Å². The maximum atomic E-state index is 13.4. The largest absolute Gasteiger partial charge is 0.486 e. The normalized spacial score (nSPS) is 10.7. The number of carbonyl (C=O) groups is 2. The molecule has 8 heteroatoms. The SMILES string of the molecule is COCc1nc(C(=O)NCC(=O)OCc2ccccc2)c(OCc2ccccc2)c2ccc(Oc3ccccc3)cc12. The predicted octanol–water partition coefficient (Wildman–Crippen LogP) is 6.23. The first-order chi connectivity index (χ1) is 20.6. The van der Waals surface area contributed by atoms with Gasteiger partial charge in [-0.2, -0.15) is 0 Å². The summed E-state index contributed by atoms with van der Waals surface area (Å²) < 4.78 is 23.0. The van der Waals surface area contributed by atoms with E-state index < -0.39 is 11.9 Å². The van der Waals surface area contributed by atoms with Crippen molar-refractivity contribution in [1.82, 2.24) is 10.3 Å². The van der Waals surface area contributed by atoms with E-state index in [9.17, 15) is 9.59 Å². The van der Waals surface area contributed by atoms with E-state index in [2.05, 4.69) is 10.3 Å². The van der Waals surface area contributed by atoms with Crippen LogP contribution < -0.4 is 14.8 Å². The van der Waals surface area contributed by atoms with Crippen LogP contribution in [0.2, 0.25) is 0 Å². The first-order valence-corrected chi connectivity index (χ1v) is 13.4. The van der Waals surface area contributed by atoms with E-state index in [1.807, 2.05) is 109 Å². The molecular weight excluding hydrogens is 532 g/mol. The zero-order chi connectivity index (χ0) is 29.1. The fraction of sp³-hybridized carbons (Fsp3) is 0.147. The van der Waals surface area contributed by atoms with Crippen LogP contribution in [0.5, 0.6) is 17.2 Å². The number of carbonyl (C=O) groups excluding carboxylic acids is 2. The number of hydrogen-bond donors (Lipinski definition) is 1. The number of nitrogens with zero attached hydrogens (tertiary/aromatic N) is 1. The van der Waals surface area contributed by atoms with Crippen LogP contribution in [0.3, 0.4) is 0 Å². The van der Waals surface area contributed by atoms with Crippen molar-refractivity contribution in [2.24, 2.45) is 0 Å². The highest BCUT2D eigenvalue weighted by molar-refractivity contribution is 6.03. The smallest absolute Gasteiger partial charge is 0.325 e. The quantitative estimate of drug-likeness (QED) is 0.180. The third kappa shape index (κ3) is 7.30. The summed E-state index contributed by atoms with van der Waals surface area (Å²) in [7, 11) is 1.56. The Balaban J connectivity index is 1.43. The molecule has 42 heavy (non-hydrogen) atoms. The van der Waals surface area contributed by atoms with Gasteiger partial charge in [-0.3, -0.25) is 9.59 Å². The number of rotatable bonds is 12. The van der Waals surface area contributed by atoms with E-state index in [1.165, 1.54) is 0 Å². The molecule has 1 aromatic heterocycles. The van der Waals surface area contributed by atoms with E-state index in [1.54, 1.807) is 7.11 Å². The predicted molar refractivity (Wildman–Crippen MR) is 158 cm³/mol. The van der Waals surface area contributed by atoms with E-state index in [4.69, 9.17) is 18.9 Å². The van der Waals surface area contributed by atoms with Gasteiger partial charge in [-0.05, 0) is 41.5 Å². The number of esters is 1. The molecule has 0 bridgehead atoms. The molecule has 0 aliphatic rings. The topological polar surface area (TPSA) is 96.0 Å². The summed E-state index contributed by atoms with van der Waals surface area (Å²) in [5.41, 5.74) is 2.34. The van der Waals surface area contributed by atoms with Crippen molar-refractivity contribution < 1.29 is 28.5 Å². The lowest BCUT2D eigenvalue weighted by molar-refractivity contribution is -0.143. The second-order valence-corrected chi connectivity index (χ2v) is 9.39. The Hall–Kier alpha value is -5.21. The molecule has 0 saturated heterocycles. The van der Waals surface area contributed by atoms with Crippen LogP contribution in [-0.4, -0.2) is 30.5 Å². The van der Waals surface area contributed by atoms with Gasteiger partial charge in [-0.25, -0.2) is 4.98 Å². The van der Waals surface area contributed by atoms with Crippen LogP contribution >= 0.6 is 0 Å². The maximum absolute atomic E-state index is 13.4. The van der Waals surface area contributed by atoms with Gasteiger partial charge in [-0.15, -0.1) is 0 Å². The summed E-state index contributed by atoms with van der Waals surface area (Å²) in [4.78, 5) is 30.5. The van der Waals surface area contributed by atoms with Crippen molar-refractivity contribution in [1.29, 1.82) is 0 Å². The minimum atomic E-state index is -0.571. The lowest BCUT2D eigenvalue weighted by Gasteiger charge is -2.17. The number of aromatic nitrogens is 1. The van der Waals surface area contributed by atoms with Crippen molar-refractivity contribution in [3.8, 4) is 17.2 Å². The van der Waals surface area contributed by atoms with Crippen LogP contribution in [-0.2, 0) is 34.1 Å². The number of para-hydroxylation sites is 1. The number of benzene rings is 4. The Morgan fingerprint density at radius 2 is 1.36 bits per heavy atom. The molecule has 0 aliphatic carbocycles. The molecular formula is C34H30N2O6. The highest BCUT2D eigenvalue weighted by Crippen LogP contribution is 2.35. The minimum absolute atomic E-state index is 0.0399. The Kier molecular flexibility index (Phi) is 9.39. The molecule has 0 atom stereocenters. The number of pyridine rings is 1. The first kappa shape index (κ1) is 28.3. The molecule has 0 spiro atoms. The summed E-state index contributed by atoms with van der Waals surface area (Å²) in [5.74, 6) is 0.433. The number of amides is 1. The van der Waals surface area contributed by atoms with Gasteiger partial charge in [0.25, 0.3) is 5.91 Å². The standard InChI is InChI=1S/C34H30N2O6/c1-39-23-30-29-19-27(42-26-15-9-4-10-16-26)17-18-28(29)33(41-22-25-13-7-3-8-14-25)32(36-30)34(38)35-20-31(37)40-21-24-11-5-2-6-12-24/h2-19H,20-23H2,1H3,(H,35,38). The van der Waals surface area contributed by atoms with Gasteiger partial charge >= 0.3 is 5.97 Å². The van der Waals surface area contributed by atoms with Crippen molar-refractivity contribution in [3.05, 3.63) is 132 Å². The fourth-order valence-corrected chi connectivity index (χ4v) is 4.32. The lowest BCUT2D eigenvalue weighted by atomic mass is 10.1. The molecule has 1 heterocycles. The molecule has 8 nitrogen and oxygen atoms in total. The van der Waals surface area contributed by atoms with Gasteiger partial charge < -0.3 is 24.3 Å². The molecule has 4 aromatic carbocycles. The maximum Gasteiger partial charge on any atom is 0.325 e. The first-order valence-electron chi connectivity index (χ1n) is 13.4.